The second kappa shape index (κ2) is 3.79. The number of hydrogen-bond acceptors (Lipinski definition) is 2. The van der Waals surface area contributed by atoms with Gasteiger partial charge in [0.25, 0.3) is 0 Å². The molecular formula is C11H23NO. The molecule has 2 N–H and O–H groups in total. The Morgan fingerprint density at radius 3 is 1.85 bits per heavy atom. The van der Waals surface area contributed by atoms with E-state index >= 15 is 0 Å². The largest absolute Gasteiger partial charge is 0.319 e. The highest BCUT2D eigenvalue weighted by molar-refractivity contribution is 5.92. The van der Waals surface area contributed by atoms with Crippen LogP contribution in [0.15, 0.2) is 0 Å². The topological polar surface area (TPSA) is 43.1 Å². The van der Waals surface area contributed by atoms with Crippen molar-refractivity contribution in [2.24, 2.45) is 17.1 Å². The highest BCUT2D eigenvalue weighted by atomic mass is 16.1. The average molecular weight is 185 g/mol. The van der Waals surface area contributed by atoms with Crippen LogP contribution in [-0.2, 0) is 4.79 Å². The highest BCUT2D eigenvalue weighted by Crippen LogP contribution is 2.25. The van der Waals surface area contributed by atoms with Gasteiger partial charge in [-0.15, -0.1) is 0 Å². The Labute approximate surface area is 81.9 Å². The third kappa shape index (κ3) is 3.90. The normalized spacial score (nSPS) is 17.2. The molecule has 0 aliphatic heterocycles. The van der Waals surface area contributed by atoms with Gasteiger partial charge in [-0.1, -0.05) is 34.6 Å². The summed E-state index contributed by atoms with van der Waals surface area (Å²) in [5, 5.41) is 0. The van der Waals surface area contributed by atoms with Crippen molar-refractivity contribution >= 4 is 5.78 Å². The lowest BCUT2D eigenvalue weighted by Gasteiger charge is -2.31. The lowest BCUT2D eigenvalue weighted by Crippen LogP contribution is -2.51. The van der Waals surface area contributed by atoms with Crippen LogP contribution >= 0.6 is 0 Å². The summed E-state index contributed by atoms with van der Waals surface area (Å²) in [5.74, 6) is 0.606. The summed E-state index contributed by atoms with van der Waals surface area (Å²) in [6, 6.07) is 0. The van der Waals surface area contributed by atoms with E-state index in [1.165, 1.54) is 0 Å². The van der Waals surface area contributed by atoms with Gasteiger partial charge in [-0.25, -0.2) is 0 Å². The predicted octanol–water partition coefficient (Wildman–Crippen LogP) is 2.37. The quantitative estimate of drug-likeness (QED) is 0.733. The Kier molecular flexibility index (Phi) is 3.68. The minimum absolute atomic E-state index is 0.147. The van der Waals surface area contributed by atoms with Crippen molar-refractivity contribution in [3.8, 4) is 0 Å². The molecule has 0 heterocycles. The summed E-state index contributed by atoms with van der Waals surface area (Å²) in [7, 11) is 0. The summed E-state index contributed by atoms with van der Waals surface area (Å²) in [6.45, 7) is 11.8. The van der Waals surface area contributed by atoms with Crippen LogP contribution in [0.2, 0.25) is 0 Å². The number of carbonyl (C=O) groups excluding carboxylic acids is 1. The van der Waals surface area contributed by atoms with Crippen LogP contribution in [-0.4, -0.2) is 11.3 Å². The standard InChI is InChI=1S/C11H23NO/c1-8(2)7-11(6,12)9(13)10(3,4)5/h8H,7,12H2,1-6H3. The fourth-order valence-corrected chi connectivity index (χ4v) is 1.80. The molecule has 1 unspecified atom stereocenters. The molecule has 0 fully saturated rings. The SMILES string of the molecule is CC(C)CC(C)(N)C(=O)C(C)(C)C. The first-order valence-corrected chi connectivity index (χ1v) is 4.91. The van der Waals surface area contributed by atoms with E-state index in [1.54, 1.807) is 0 Å². The summed E-state index contributed by atoms with van der Waals surface area (Å²) in [4.78, 5) is 11.9. The summed E-state index contributed by atoms with van der Waals surface area (Å²) in [5.41, 5.74) is 4.99. The van der Waals surface area contributed by atoms with Crippen molar-refractivity contribution in [2.45, 2.75) is 53.5 Å². The van der Waals surface area contributed by atoms with Crippen molar-refractivity contribution in [3.05, 3.63) is 0 Å². The lowest BCUT2D eigenvalue weighted by atomic mass is 9.76. The van der Waals surface area contributed by atoms with Crippen LogP contribution in [0.25, 0.3) is 0 Å². The molecule has 0 spiro atoms. The first-order chi connectivity index (χ1) is 5.57. The van der Waals surface area contributed by atoms with E-state index in [-0.39, 0.29) is 11.2 Å². The molecule has 78 valence electrons. The van der Waals surface area contributed by atoms with E-state index in [0.717, 1.165) is 6.42 Å². The van der Waals surface area contributed by atoms with Gasteiger partial charge >= 0.3 is 0 Å². The third-order valence-electron chi connectivity index (χ3n) is 2.03. The Balaban J connectivity index is 4.55. The number of ketones is 1. The molecule has 0 aliphatic rings. The molecule has 0 radical (unpaired) electrons. The van der Waals surface area contributed by atoms with Crippen LogP contribution < -0.4 is 5.73 Å². The molecule has 0 saturated heterocycles. The molecular weight excluding hydrogens is 162 g/mol. The molecule has 0 aromatic carbocycles. The van der Waals surface area contributed by atoms with Gasteiger partial charge in [0.05, 0.1) is 5.54 Å². The summed E-state index contributed by atoms with van der Waals surface area (Å²) < 4.78 is 0. The molecule has 0 rings (SSSR count). The second-order valence-electron chi connectivity index (χ2n) is 5.59. The van der Waals surface area contributed by atoms with Gasteiger partial charge in [-0.3, -0.25) is 4.79 Å². The number of nitrogens with two attached hydrogens (primary N) is 1. The van der Waals surface area contributed by atoms with E-state index < -0.39 is 5.54 Å². The maximum atomic E-state index is 11.9. The zero-order valence-corrected chi connectivity index (χ0v) is 9.77. The van der Waals surface area contributed by atoms with Crippen molar-refractivity contribution in [2.75, 3.05) is 0 Å². The van der Waals surface area contributed by atoms with Gasteiger partial charge in [0.1, 0.15) is 0 Å². The Hall–Kier alpha value is -0.370. The maximum absolute atomic E-state index is 11.9. The highest BCUT2D eigenvalue weighted by Gasteiger charge is 2.36. The minimum Gasteiger partial charge on any atom is -0.319 e. The van der Waals surface area contributed by atoms with Crippen LogP contribution in [0.1, 0.15) is 48.0 Å². The molecule has 2 heteroatoms. The van der Waals surface area contributed by atoms with Gasteiger partial charge in [-0.05, 0) is 19.3 Å². The smallest absolute Gasteiger partial charge is 0.157 e. The Morgan fingerprint density at radius 2 is 1.62 bits per heavy atom. The zero-order chi connectivity index (χ0) is 10.9. The monoisotopic (exact) mass is 185 g/mol. The molecule has 1 atom stereocenters. The number of rotatable bonds is 3. The summed E-state index contributed by atoms with van der Waals surface area (Å²) >= 11 is 0. The fraction of sp³-hybridized carbons (Fsp3) is 0.909. The molecule has 0 aliphatic carbocycles. The van der Waals surface area contributed by atoms with E-state index in [2.05, 4.69) is 13.8 Å². The molecule has 0 aromatic heterocycles. The van der Waals surface area contributed by atoms with Gasteiger partial charge in [0.15, 0.2) is 5.78 Å². The molecule has 2 nitrogen and oxygen atoms in total. The van der Waals surface area contributed by atoms with Crippen molar-refractivity contribution in [3.63, 3.8) is 0 Å². The number of carbonyl (C=O) groups is 1. The minimum atomic E-state index is -0.674. The molecule has 0 bridgehead atoms. The molecule has 0 amide bonds. The fourth-order valence-electron chi connectivity index (χ4n) is 1.80. The summed E-state index contributed by atoms with van der Waals surface area (Å²) in [6.07, 6.45) is 0.753. The maximum Gasteiger partial charge on any atom is 0.157 e. The lowest BCUT2D eigenvalue weighted by molar-refractivity contribution is -0.131. The van der Waals surface area contributed by atoms with Crippen LogP contribution in [0.5, 0.6) is 0 Å². The van der Waals surface area contributed by atoms with Gasteiger partial charge in [0.2, 0.25) is 0 Å². The van der Waals surface area contributed by atoms with Crippen LogP contribution in [0.4, 0.5) is 0 Å². The van der Waals surface area contributed by atoms with Gasteiger partial charge in [-0.2, -0.15) is 0 Å². The first kappa shape index (κ1) is 12.6. The Bertz CT molecular complexity index is 187. The van der Waals surface area contributed by atoms with E-state index in [4.69, 9.17) is 5.73 Å². The van der Waals surface area contributed by atoms with Gasteiger partial charge in [0, 0.05) is 5.41 Å². The predicted molar refractivity (Wildman–Crippen MR) is 56.5 cm³/mol. The van der Waals surface area contributed by atoms with Crippen LogP contribution in [0.3, 0.4) is 0 Å². The van der Waals surface area contributed by atoms with E-state index in [0.29, 0.717) is 5.92 Å². The third-order valence-corrected chi connectivity index (χ3v) is 2.03. The average Bonchev–Trinajstić information content (AvgIpc) is 1.80. The second-order valence-corrected chi connectivity index (χ2v) is 5.59. The van der Waals surface area contributed by atoms with E-state index in [9.17, 15) is 4.79 Å². The van der Waals surface area contributed by atoms with Gasteiger partial charge < -0.3 is 5.73 Å². The number of Topliss-reactive ketones (excluding diaryl/α,β-unsaturated/α-hetero) is 1. The molecule has 0 saturated carbocycles. The van der Waals surface area contributed by atoms with Crippen LogP contribution in [0, 0.1) is 11.3 Å². The molecule has 13 heavy (non-hydrogen) atoms. The zero-order valence-electron chi connectivity index (χ0n) is 9.77. The van der Waals surface area contributed by atoms with Crippen molar-refractivity contribution in [1.82, 2.24) is 0 Å². The van der Waals surface area contributed by atoms with Crippen molar-refractivity contribution < 1.29 is 4.79 Å². The number of hydrogen-bond donors (Lipinski definition) is 1. The first-order valence-electron chi connectivity index (χ1n) is 4.91. The molecule has 0 aromatic rings. The van der Waals surface area contributed by atoms with Crippen molar-refractivity contribution in [1.29, 1.82) is 0 Å². The van der Waals surface area contributed by atoms with E-state index in [1.807, 2.05) is 27.7 Å². The Morgan fingerprint density at radius 1 is 1.23 bits per heavy atom.